The number of ether oxygens (including phenoxy) is 1. The normalized spacial score (nSPS) is 21.2. The predicted molar refractivity (Wildman–Crippen MR) is 103 cm³/mol. The number of carbonyl (C=O) groups is 2. The quantitative estimate of drug-likeness (QED) is 0.551. The number of carbonyl (C=O) groups excluding carboxylic acids is 2. The molecule has 10 heteroatoms. The van der Waals surface area contributed by atoms with E-state index in [-0.39, 0.29) is 55.2 Å². The Hall–Kier alpha value is -2.30. The van der Waals surface area contributed by atoms with Crippen molar-refractivity contribution >= 4 is 18.6 Å². The summed E-state index contributed by atoms with van der Waals surface area (Å²) >= 11 is 0. The number of likely N-dealkylation sites (tertiary alicyclic amines) is 1. The van der Waals surface area contributed by atoms with Crippen LogP contribution in [0.2, 0.25) is 6.32 Å². The molecule has 3 heterocycles. The highest BCUT2D eigenvalue weighted by Gasteiger charge is 2.37. The maximum Gasteiger partial charge on any atom is 0.430 e. The largest absolute Gasteiger partial charge is 0.669 e. The zero-order chi connectivity index (χ0) is 19.9. The number of nitrogens with one attached hydrogen (secondary N) is 1. The first kappa shape index (κ1) is 21.4. The second-order valence-corrected chi connectivity index (χ2v) is 7.74. The van der Waals surface area contributed by atoms with E-state index in [4.69, 9.17) is 9.39 Å². The van der Waals surface area contributed by atoms with Crippen molar-refractivity contribution in [1.82, 2.24) is 10.2 Å². The molecule has 3 N–H and O–H groups in total. The number of hydrogen-bond donors (Lipinski definition) is 3. The number of nitrogens with zero attached hydrogens (tertiary/aromatic N) is 1. The molecule has 0 atom stereocenters. The Kier molecular flexibility index (Phi) is 6.07. The minimum atomic E-state index is -3.10. The third kappa shape index (κ3) is 4.34. The van der Waals surface area contributed by atoms with Crippen molar-refractivity contribution < 1.29 is 34.1 Å². The number of carboxylic acid groups (broad SMARTS) is 1. The van der Waals surface area contributed by atoms with Gasteiger partial charge in [0.05, 0.1) is 30.4 Å². The summed E-state index contributed by atoms with van der Waals surface area (Å²) in [6, 6.07) is 3.18. The lowest BCUT2D eigenvalue weighted by Gasteiger charge is -2.42. The Morgan fingerprint density at radius 3 is 2.59 bits per heavy atom. The summed E-state index contributed by atoms with van der Waals surface area (Å²) < 4.78 is 10.9. The van der Waals surface area contributed by atoms with Gasteiger partial charge in [-0.1, -0.05) is 19.8 Å². The number of aromatic carboxylic acids is 1. The van der Waals surface area contributed by atoms with E-state index in [2.05, 4.69) is 5.32 Å². The number of amides is 1. The highest BCUT2D eigenvalue weighted by Crippen LogP contribution is 2.38. The van der Waals surface area contributed by atoms with E-state index in [1.165, 1.54) is 6.07 Å². The molecule has 4 rings (SSSR count). The van der Waals surface area contributed by atoms with Crippen LogP contribution in [0, 0.1) is 5.92 Å². The van der Waals surface area contributed by atoms with E-state index < -0.39 is 12.7 Å². The standard InChI is InChI=1S/C18H24BN2O7.CH4/c22-17(12-4-7-20-8-5-12)21-9-13(10-21)27-14-2-1-11-3-6-19(25,26)28-16(11)15(14)18(23)24;/h1-2,12-13,20,25-26H,3-10H2,(H,23,24);1H4/q-1;/p-1. The average Bonchev–Trinajstić information content (AvgIpc) is 2.63. The van der Waals surface area contributed by atoms with Crippen LogP contribution in [0.25, 0.3) is 0 Å². The second-order valence-electron chi connectivity index (χ2n) is 7.74. The molecule has 0 unspecified atom stereocenters. The number of rotatable bonds is 4. The van der Waals surface area contributed by atoms with Gasteiger partial charge in [-0.15, -0.1) is 0 Å². The van der Waals surface area contributed by atoms with Gasteiger partial charge >= 0.3 is 6.75 Å². The summed E-state index contributed by atoms with van der Waals surface area (Å²) in [5, 5.41) is 34.4. The number of aryl methyl sites for hydroxylation is 1. The Morgan fingerprint density at radius 2 is 1.93 bits per heavy atom. The molecule has 0 radical (unpaired) electrons. The van der Waals surface area contributed by atoms with Gasteiger partial charge in [0.15, 0.2) is 0 Å². The molecule has 160 valence electrons. The number of hydrogen-bond acceptors (Lipinski definition) is 8. The predicted octanol–water partition coefficient (Wildman–Crippen LogP) is -0.866. The molecule has 29 heavy (non-hydrogen) atoms. The zero-order valence-electron chi connectivity index (χ0n) is 15.4. The molecular weight excluding hydrogens is 379 g/mol. The van der Waals surface area contributed by atoms with E-state index in [1.807, 2.05) is 0 Å². The number of fused-ring (bicyclic) bond motifs is 1. The van der Waals surface area contributed by atoms with Crippen LogP contribution >= 0.6 is 0 Å². The van der Waals surface area contributed by atoms with Crippen LogP contribution in [0.1, 0.15) is 36.2 Å². The van der Waals surface area contributed by atoms with Crippen molar-refractivity contribution in [2.75, 3.05) is 26.2 Å². The number of piperidine rings is 1. The minimum absolute atomic E-state index is 0. The molecule has 1 aromatic rings. The maximum atomic E-state index is 12.5. The summed E-state index contributed by atoms with van der Waals surface area (Å²) in [5.74, 6) is -1.44. The molecule has 1 amide bonds. The molecule has 3 aliphatic rings. The second kappa shape index (κ2) is 8.21. The van der Waals surface area contributed by atoms with Crippen LogP contribution in [-0.2, 0) is 11.2 Å². The van der Waals surface area contributed by atoms with E-state index in [0.717, 1.165) is 25.9 Å². The van der Waals surface area contributed by atoms with Gasteiger partial charge in [-0.3, -0.25) is 4.79 Å². The molecule has 0 aliphatic carbocycles. The third-order valence-electron chi connectivity index (χ3n) is 5.64. The van der Waals surface area contributed by atoms with Gasteiger partial charge in [-0.2, -0.15) is 0 Å². The van der Waals surface area contributed by atoms with Crippen molar-refractivity contribution in [1.29, 1.82) is 0 Å². The summed E-state index contributed by atoms with van der Waals surface area (Å²) in [6.07, 6.45) is 1.60. The molecule has 0 aromatic heterocycles. The molecule has 9 nitrogen and oxygen atoms in total. The van der Waals surface area contributed by atoms with Gasteiger partial charge in [0.1, 0.15) is 11.9 Å². The molecule has 0 bridgehead atoms. The monoisotopic (exact) mass is 406 g/mol. The summed E-state index contributed by atoms with van der Waals surface area (Å²) in [7, 11) is 0. The molecule has 0 saturated carbocycles. The molecule has 0 spiro atoms. The van der Waals surface area contributed by atoms with E-state index >= 15 is 0 Å². The van der Waals surface area contributed by atoms with E-state index in [0.29, 0.717) is 18.7 Å². The first-order chi connectivity index (χ1) is 13.3. The lowest BCUT2D eigenvalue weighted by molar-refractivity contribution is -0.255. The van der Waals surface area contributed by atoms with Crippen molar-refractivity contribution in [3.63, 3.8) is 0 Å². The topological polar surface area (TPSA) is 131 Å². The fraction of sp³-hybridized carbons (Fsp3) is 0.579. The van der Waals surface area contributed by atoms with Crippen LogP contribution in [-0.4, -0.2) is 65.9 Å². The SMILES string of the molecule is C.O=C([O-])c1c(OC2CN(C(=O)C3CCNCC3)C2)ccc2c1O[B-](O)(O)CC2. The average molecular weight is 406 g/mol. The smallest absolute Gasteiger partial charge is 0.430 e. The van der Waals surface area contributed by atoms with Gasteiger partial charge < -0.3 is 39.6 Å². The lowest BCUT2D eigenvalue weighted by Crippen LogP contribution is -2.58. The molecule has 1 aromatic carbocycles. The van der Waals surface area contributed by atoms with Crippen LogP contribution in [0.15, 0.2) is 12.1 Å². The number of carboxylic acids is 1. The summed E-state index contributed by atoms with van der Waals surface area (Å²) in [6.45, 7) is -0.641. The lowest BCUT2D eigenvalue weighted by atomic mass is 9.70. The Bertz CT molecular complexity index is 789. The number of benzene rings is 1. The van der Waals surface area contributed by atoms with E-state index in [9.17, 15) is 24.7 Å². The Morgan fingerprint density at radius 1 is 1.24 bits per heavy atom. The first-order valence-electron chi connectivity index (χ1n) is 9.67. The molecule has 3 aliphatic heterocycles. The molecule has 2 saturated heterocycles. The van der Waals surface area contributed by atoms with Gasteiger partial charge in [0.25, 0.3) is 0 Å². The van der Waals surface area contributed by atoms with E-state index in [1.54, 1.807) is 11.0 Å². The Labute approximate surface area is 169 Å². The summed E-state index contributed by atoms with van der Waals surface area (Å²) in [4.78, 5) is 25.9. The van der Waals surface area contributed by atoms with Gasteiger partial charge in [0.2, 0.25) is 5.91 Å². The Balaban J connectivity index is 0.00000240. The van der Waals surface area contributed by atoms with Crippen LogP contribution in [0.5, 0.6) is 11.5 Å². The first-order valence-corrected chi connectivity index (χ1v) is 9.67. The summed E-state index contributed by atoms with van der Waals surface area (Å²) in [5.41, 5.74) is 0.234. The highest BCUT2D eigenvalue weighted by molar-refractivity contribution is 6.59. The van der Waals surface area contributed by atoms with Crippen molar-refractivity contribution in [3.05, 3.63) is 23.3 Å². The van der Waals surface area contributed by atoms with Gasteiger partial charge in [0, 0.05) is 5.92 Å². The minimum Gasteiger partial charge on any atom is -0.669 e. The molecular formula is C19H27BN2O7-2. The third-order valence-corrected chi connectivity index (χ3v) is 5.64. The van der Waals surface area contributed by atoms with Crippen molar-refractivity contribution in [3.8, 4) is 11.5 Å². The fourth-order valence-corrected chi connectivity index (χ4v) is 4.02. The van der Waals surface area contributed by atoms with Crippen molar-refractivity contribution in [2.24, 2.45) is 5.92 Å². The maximum absolute atomic E-state index is 12.5. The van der Waals surface area contributed by atoms with Crippen LogP contribution in [0.4, 0.5) is 0 Å². The van der Waals surface area contributed by atoms with Gasteiger partial charge in [-0.05, 0) is 44.0 Å². The van der Waals surface area contributed by atoms with Crippen LogP contribution in [0.3, 0.4) is 0 Å². The van der Waals surface area contributed by atoms with Crippen molar-refractivity contribution in [2.45, 2.75) is 39.1 Å². The van der Waals surface area contributed by atoms with Gasteiger partial charge in [-0.25, -0.2) is 0 Å². The molecule has 2 fully saturated rings. The highest BCUT2D eigenvalue weighted by atomic mass is 16.6. The zero-order valence-corrected chi connectivity index (χ0v) is 15.4. The van der Waals surface area contributed by atoms with Crippen LogP contribution < -0.4 is 19.8 Å². The fourth-order valence-electron chi connectivity index (χ4n) is 4.02.